The van der Waals surface area contributed by atoms with Crippen LogP contribution in [0.3, 0.4) is 0 Å². The maximum atomic E-state index is 6.10. The summed E-state index contributed by atoms with van der Waals surface area (Å²) in [7, 11) is 0. The van der Waals surface area contributed by atoms with Crippen LogP contribution in [0.25, 0.3) is 11.1 Å². The Balaban J connectivity index is 2.40. The van der Waals surface area contributed by atoms with E-state index in [-0.39, 0.29) is 0 Å². The Morgan fingerprint density at radius 3 is 2.50 bits per heavy atom. The SMILES string of the molecule is CCNCc1ccc(Cl)cc1-c1ccc(Br)cc1. The van der Waals surface area contributed by atoms with Gasteiger partial charge in [-0.05, 0) is 47.5 Å². The van der Waals surface area contributed by atoms with Crippen LogP contribution < -0.4 is 5.32 Å². The van der Waals surface area contributed by atoms with Crippen molar-refractivity contribution in [1.82, 2.24) is 5.32 Å². The molecular weight excluding hydrogens is 310 g/mol. The fourth-order valence-corrected chi connectivity index (χ4v) is 2.30. The van der Waals surface area contributed by atoms with Gasteiger partial charge in [0.15, 0.2) is 0 Å². The fourth-order valence-electron chi connectivity index (χ4n) is 1.86. The number of halogens is 2. The molecule has 0 heterocycles. The molecule has 2 aromatic carbocycles. The van der Waals surface area contributed by atoms with Crippen LogP contribution in [0.4, 0.5) is 0 Å². The molecule has 1 N–H and O–H groups in total. The van der Waals surface area contributed by atoms with Crippen molar-refractivity contribution < 1.29 is 0 Å². The Kier molecular flexibility index (Phi) is 4.81. The van der Waals surface area contributed by atoms with E-state index in [4.69, 9.17) is 11.6 Å². The number of hydrogen-bond acceptors (Lipinski definition) is 1. The van der Waals surface area contributed by atoms with Gasteiger partial charge in [-0.15, -0.1) is 0 Å². The average Bonchev–Trinajstić information content (AvgIpc) is 2.38. The molecule has 0 saturated carbocycles. The number of benzene rings is 2. The first-order valence-corrected chi connectivity index (χ1v) is 7.13. The molecule has 2 rings (SSSR count). The van der Waals surface area contributed by atoms with Gasteiger partial charge in [0.1, 0.15) is 0 Å². The Labute approximate surface area is 121 Å². The van der Waals surface area contributed by atoms with Gasteiger partial charge in [-0.1, -0.05) is 52.7 Å². The fraction of sp³-hybridized carbons (Fsp3) is 0.200. The van der Waals surface area contributed by atoms with Gasteiger partial charge < -0.3 is 5.32 Å². The topological polar surface area (TPSA) is 12.0 Å². The Morgan fingerprint density at radius 2 is 1.83 bits per heavy atom. The van der Waals surface area contributed by atoms with Crippen molar-refractivity contribution >= 4 is 27.5 Å². The third-order valence-corrected chi connectivity index (χ3v) is 3.56. The van der Waals surface area contributed by atoms with E-state index < -0.39 is 0 Å². The van der Waals surface area contributed by atoms with Crippen molar-refractivity contribution in [1.29, 1.82) is 0 Å². The third kappa shape index (κ3) is 3.35. The van der Waals surface area contributed by atoms with Gasteiger partial charge in [-0.2, -0.15) is 0 Å². The van der Waals surface area contributed by atoms with E-state index in [9.17, 15) is 0 Å². The van der Waals surface area contributed by atoms with E-state index in [0.717, 1.165) is 22.6 Å². The third-order valence-electron chi connectivity index (χ3n) is 2.79. The molecule has 0 amide bonds. The van der Waals surface area contributed by atoms with Gasteiger partial charge in [0.2, 0.25) is 0 Å². The molecular formula is C15H15BrClN. The van der Waals surface area contributed by atoms with Crippen LogP contribution in [0.2, 0.25) is 5.02 Å². The molecule has 0 saturated heterocycles. The average molecular weight is 325 g/mol. The molecule has 94 valence electrons. The van der Waals surface area contributed by atoms with Crippen molar-refractivity contribution in [3.63, 3.8) is 0 Å². The normalized spacial score (nSPS) is 10.6. The first kappa shape index (κ1) is 13.6. The molecule has 2 aromatic rings. The van der Waals surface area contributed by atoms with Gasteiger partial charge in [0.05, 0.1) is 0 Å². The summed E-state index contributed by atoms with van der Waals surface area (Å²) in [4.78, 5) is 0. The van der Waals surface area contributed by atoms with Gasteiger partial charge in [0.25, 0.3) is 0 Å². The summed E-state index contributed by atoms with van der Waals surface area (Å²) in [6, 6.07) is 14.4. The standard InChI is InChI=1S/C15H15BrClN/c1-2-18-10-12-5-8-14(17)9-15(12)11-3-6-13(16)7-4-11/h3-9,18H,2,10H2,1H3. The molecule has 0 fully saturated rings. The summed E-state index contributed by atoms with van der Waals surface area (Å²) < 4.78 is 1.08. The molecule has 0 bridgehead atoms. The van der Waals surface area contributed by atoms with Crippen molar-refractivity contribution in [2.24, 2.45) is 0 Å². The van der Waals surface area contributed by atoms with E-state index in [1.54, 1.807) is 0 Å². The molecule has 0 aliphatic carbocycles. The Bertz CT molecular complexity index is 523. The summed E-state index contributed by atoms with van der Waals surface area (Å²) in [5, 5.41) is 4.12. The molecule has 0 spiro atoms. The second-order valence-corrected chi connectivity index (χ2v) is 5.44. The quantitative estimate of drug-likeness (QED) is 0.845. The lowest BCUT2D eigenvalue weighted by Crippen LogP contribution is -2.12. The van der Waals surface area contributed by atoms with E-state index in [0.29, 0.717) is 0 Å². The van der Waals surface area contributed by atoms with Crippen LogP contribution in [-0.4, -0.2) is 6.54 Å². The first-order valence-electron chi connectivity index (χ1n) is 5.96. The second kappa shape index (κ2) is 6.37. The highest BCUT2D eigenvalue weighted by molar-refractivity contribution is 9.10. The molecule has 0 atom stereocenters. The van der Waals surface area contributed by atoms with Gasteiger partial charge in [-0.25, -0.2) is 0 Å². The predicted octanol–water partition coefficient (Wildman–Crippen LogP) is 4.88. The van der Waals surface area contributed by atoms with E-state index >= 15 is 0 Å². The summed E-state index contributed by atoms with van der Waals surface area (Å²) in [5.41, 5.74) is 3.65. The van der Waals surface area contributed by atoms with Gasteiger partial charge in [-0.3, -0.25) is 0 Å². The Morgan fingerprint density at radius 1 is 1.11 bits per heavy atom. The highest BCUT2D eigenvalue weighted by Gasteiger charge is 2.05. The van der Waals surface area contributed by atoms with Crippen LogP contribution in [0.5, 0.6) is 0 Å². The molecule has 18 heavy (non-hydrogen) atoms. The summed E-state index contributed by atoms with van der Waals surface area (Å²) in [5.74, 6) is 0. The molecule has 0 aromatic heterocycles. The lowest BCUT2D eigenvalue weighted by atomic mass is 10.00. The van der Waals surface area contributed by atoms with Gasteiger partial charge >= 0.3 is 0 Å². The Hall–Kier alpha value is -0.830. The lowest BCUT2D eigenvalue weighted by molar-refractivity contribution is 0.728. The highest BCUT2D eigenvalue weighted by atomic mass is 79.9. The van der Waals surface area contributed by atoms with Crippen molar-refractivity contribution in [3.8, 4) is 11.1 Å². The highest BCUT2D eigenvalue weighted by Crippen LogP contribution is 2.28. The summed E-state index contributed by atoms with van der Waals surface area (Å²) >= 11 is 9.56. The molecule has 3 heteroatoms. The van der Waals surface area contributed by atoms with Crippen LogP contribution in [0.15, 0.2) is 46.9 Å². The minimum absolute atomic E-state index is 0.771. The number of rotatable bonds is 4. The van der Waals surface area contributed by atoms with E-state index in [1.807, 2.05) is 24.3 Å². The van der Waals surface area contributed by atoms with Crippen molar-refractivity contribution in [2.45, 2.75) is 13.5 Å². The van der Waals surface area contributed by atoms with E-state index in [1.165, 1.54) is 16.7 Å². The minimum Gasteiger partial charge on any atom is -0.313 e. The second-order valence-electron chi connectivity index (χ2n) is 4.09. The monoisotopic (exact) mass is 323 g/mol. The summed E-state index contributed by atoms with van der Waals surface area (Å²) in [6.07, 6.45) is 0. The predicted molar refractivity (Wildman–Crippen MR) is 82.0 cm³/mol. The van der Waals surface area contributed by atoms with Crippen molar-refractivity contribution in [2.75, 3.05) is 6.54 Å². The van der Waals surface area contributed by atoms with Crippen LogP contribution in [0, 0.1) is 0 Å². The molecule has 0 unspecified atom stereocenters. The molecule has 0 aliphatic heterocycles. The molecule has 0 aliphatic rings. The summed E-state index contributed by atoms with van der Waals surface area (Å²) in [6.45, 7) is 3.93. The van der Waals surface area contributed by atoms with Crippen molar-refractivity contribution in [3.05, 3.63) is 57.5 Å². The minimum atomic E-state index is 0.771. The zero-order chi connectivity index (χ0) is 13.0. The van der Waals surface area contributed by atoms with E-state index in [2.05, 4.69) is 46.4 Å². The smallest absolute Gasteiger partial charge is 0.0412 e. The largest absolute Gasteiger partial charge is 0.313 e. The molecule has 0 radical (unpaired) electrons. The van der Waals surface area contributed by atoms with Crippen LogP contribution in [-0.2, 0) is 6.54 Å². The number of hydrogen-bond donors (Lipinski definition) is 1. The molecule has 1 nitrogen and oxygen atoms in total. The van der Waals surface area contributed by atoms with Gasteiger partial charge in [0, 0.05) is 16.0 Å². The first-order chi connectivity index (χ1) is 8.70. The maximum Gasteiger partial charge on any atom is 0.0412 e. The maximum absolute atomic E-state index is 6.10. The lowest BCUT2D eigenvalue weighted by Gasteiger charge is -2.11. The van der Waals surface area contributed by atoms with Crippen LogP contribution in [0.1, 0.15) is 12.5 Å². The number of nitrogens with one attached hydrogen (secondary N) is 1. The zero-order valence-electron chi connectivity index (χ0n) is 10.2. The van der Waals surface area contributed by atoms with Crippen LogP contribution >= 0.6 is 27.5 Å². The zero-order valence-corrected chi connectivity index (χ0v) is 12.6.